The van der Waals surface area contributed by atoms with E-state index in [9.17, 15) is 4.79 Å². The van der Waals surface area contributed by atoms with Gasteiger partial charge in [0.05, 0.1) is 6.54 Å². The van der Waals surface area contributed by atoms with Gasteiger partial charge in [0.15, 0.2) is 0 Å². The Bertz CT molecular complexity index is 96.6. The number of hydrogen-bond donors (Lipinski definition) is 1. The molecule has 1 aliphatic rings. The summed E-state index contributed by atoms with van der Waals surface area (Å²) in [5.74, 6) is 0. The van der Waals surface area contributed by atoms with E-state index in [1.807, 2.05) is 0 Å². The molecule has 3 heteroatoms. The number of rotatable bonds is 0. The highest BCUT2D eigenvalue weighted by Gasteiger charge is 2.15. The summed E-state index contributed by atoms with van der Waals surface area (Å²) in [7, 11) is 0. The Kier molecular flexibility index (Phi) is 1.37. The highest BCUT2D eigenvalue weighted by atomic mass is 16.4. The lowest BCUT2D eigenvalue weighted by Crippen LogP contribution is -2.21. The van der Waals surface area contributed by atoms with Gasteiger partial charge in [0.25, 0.3) is 0 Å². The summed E-state index contributed by atoms with van der Waals surface area (Å²) in [6.45, 7) is 2.39. The second kappa shape index (κ2) is 2.03. The molecule has 0 unspecified atom stereocenters. The fourth-order valence-corrected chi connectivity index (χ4v) is 0.774. The van der Waals surface area contributed by atoms with Crippen molar-refractivity contribution in [1.82, 2.24) is 4.90 Å². The number of carbonyl (C=O) groups is 1. The Balaban J connectivity index is 2.35. The van der Waals surface area contributed by atoms with Gasteiger partial charge < -0.3 is 10.0 Å². The molecule has 0 aliphatic carbocycles. The molecule has 0 atom stereocenters. The van der Waals surface area contributed by atoms with Gasteiger partial charge in [0.1, 0.15) is 0 Å². The van der Waals surface area contributed by atoms with Crippen LogP contribution in [0.3, 0.4) is 0 Å². The summed E-state index contributed by atoms with van der Waals surface area (Å²) in [4.78, 5) is 11.4. The maximum atomic E-state index is 10.1. The summed E-state index contributed by atoms with van der Waals surface area (Å²) in [5, 5.41) is 8.31. The van der Waals surface area contributed by atoms with Crippen LogP contribution >= 0.6 is 0 Å². The predicted octanol–water partition coefficient (Wildman–Crippen LogP) is 0.922. The predicted molar refractivity (Wildman–Crippen MR) is 28.3 cm³/mol. The highest BCUT2D eigenvalue weighted by molar-refractivity contribution is 5.66. The molecular formula is C5H8NO2. The molecule has 1 fully saturated rings. The van der Waals surface area contributed by atoms with Crippen LogP contribution in [0.25, 0.3) is 0 Å². The van der Waals surface area contributed by atoms with Gasteiger partial charge in [0, 0.05) is 6.54 Å². The molecule has 1 radical (unpaired) electrons. The van der Waals surface area contributed by atoms with Crippen LogP contribution in [0.5, 0.6) is 0 Å². The number of hydrogen-bond acceptors (Lipinski definition) is 1. The molecule has 1 rings (SSSR count). The molecule has 1 saturated heterocycles. The third-order valence-electron chi connectivity index (χ3n) is 1.20. The normalized spacial score (nSPS) is 19.2. The third-order valence-corrected chi connectivity index (χ3v) is 1.20. The SMILES string of the molecule is O=C(O)N1[CH]CCC1. The quantitative estimate of drug-likeness (QED) is 0.508. The lowest BCUT2D eigenvalue weighted by molar-refractivity contribution is 0.163. The molecule has 1 aliphatic heterocycles. The fraction of sp³-hybridized carbons (Fsp3) is 0.600. The average molecular weight is 114 g/mol. The van der Waals surface area contributed by atoms with Gasteiger partial charge in [-0.15, -0.1) is 0 Å². The Labute approximate surface area is 47.9 Å². The standard InChI is InChI=1S/C5H8NO2/c7-5(8)6-3-1-2-4-6/h3H,1-2,4H2,(H,7,8). The zero-order chi connectivity index (χ0) is 5.98. The first kappa shape index (κ1) is 5.41. The van der Waals surface area contributed by atoms with Crippen LogP contribution in [0.1, 0.15) is 12.8 Å². The van der Waals surface area contributed by atoms with Crippen LogP contribution in [0.15, 0.2) is 0 Å². The van der Waals surface area contributed by atoms with Gasteiger partial charge in [-0.05, 0) is 12.8 Å². The van der Waals surface area contributed by atoms with Gasteiger partial charge in [-0.3, -0.25) is 0 Å². The van der Waals surface area contributed by atoms with E-state index in [1.54, 1.807) is 6.54 Å². The lowest BCUT2D eigenvalue weighted by Gasteiger charge is -2.06. The molecule has 1 amide bonds. The molecule has 1 heterocycles. The van der Waals surface area contributed by atoms with E-state index in [2.05, 4.69) is 0 Å². The molecule has 0 aromatic rings. The maximum absolute atomic E-state index is 10.1. The Hall–Kier alpha value is -0.730. The second-order valence-electron chi connectivity index (χ2n) is 1.80. The highest BCUT2D eigenvalue weighted by Crippen LogP contribution is 2.10. The van der Waals surface area contributed by atoms with Crippen molar-refractivity contribution in [3.05, 3.63) is 6.54 Å². The van der Waals surface area contributed by atoms with Crippen molar-refractivity contribution >= 4 is 6.09 Å². The summed E-state index contributed by atoms with van der Waals surface area (Å²) in [6.07, 6.45) is 1.06. The molecule has 8 heavy (non-hydrogen) atoms. The van der Waals surface area contributed by atoms with Crippen LogP contribution in [-0.2, 0) is 0 Å². The number of likely N-dealkylation sites (tertiary alicyclic amines) is 1. The van der Waals surface area contributed by atoms with Crippen LogP contribution in [0, 0.1) is 6.54 Å². The monoisotopic (exact) mass is 114 g/mol. The van der Waals surface area contributed by atoms with E-state index in [0.717, 1.165) is 12.8 Å². The van der Waals surface area contributed by atoms with Gasteiger partial charge in [-0.1, -0.05) is 0 Å². The Morgan fingerprint density at radius 2 is 2.50 bits per heavy atom. The first-order valence-corrected chi connectivity index (χ1v) is 2.63. The van der Waals surface area contributed by atoms with Crippen molar-refractivity contribution in [2.24, 2.45) is 0 Å². The van der Waals surface area contributed by atoms with E-state index in [0.29, 0.717) is 6.54 Å². The molecule has 1 N–H and O–H groups in total. The van der Waals surface area contributed by atoms with E-state index >= 15 is 0 Å². The zero-order valence-electron chi connectivity index (χ0n) is 4.50. The third kappa shape index (κ3) is 0.911. The number of carboxylic acid groups (broad SMARTS) is 1. The van der Waals surface area contributed by atoms with Crippen LogP contribution in [0.2, 0.25) is 0 Å². The summed E-state index contributed by atoms with van der Waals surface area (Å²) >= 11 is 0. The molecule has 0 aromatic heterocycles. The van der Waals surface area contributed by atoms with E-state index in [-0.39, 0.29) is 0 Å². The molecule has 45 valence electrons. The maximum Gasteiger partial charge on any atom is 0.407 e. The van der Waals surface area contributed by atoms with E-state index < -0.39 is 6.09 Å². The summed E-state index contributed by atoms with van der Waals surface area (Å²) in [6, 6.07) is 0. The molecule has 0 aromatic carbocycles. The molecule has 0 saturated carbocycles. The molecule has 0 bridgehead atoms. The van der Waals surface area contributed by atoms with Crippen molar-refractivity contribution in [2.75, 3.05) is 6.54 Å². The van der Waals surface area contributed by atoms with Gasteiger partial charge in [-0.25, -0.2) is 4.79 Å². The zero-order valence-corrected chi connectivity index (χ0v) is 4.50. The number of nitrogens with zero attached hydrogens (tertiary/aromatic N) is 1. The first-order valence-electron chi connectivity index (χ1n) is 2.63. The van der Waals surface area contributed by atoms with Crippen molar-refractivity contribution in [2.45, 2.75) is 12.8 Å². The van der Waals surface area contributed by atoms with Crippen LogP contribution in [-0.4, -0.2) is 22.6 Å². The lowest BCUT2D eigenvalue weighted by atomic mass is 10.4. The van der Waals surface area contributed by atoms with E-state index in [1.165, 1.54) is 4.90 Å². The Morgan fingerprint density at radius 3 is 2.75 bits per heavy atom. The largest absolute Gasteiger partial charge is 0.465 e. The second-order valence-corrected chi connectivity index (χ2v) is 1.80. The minimum Gasteiger partial charge on any atom is -0.465 e. The Morgan fingerprint density at radius 1 is 1.75 bits per heavy atom. The first-order chi connectivity index (χ1) is 3.80. The molecule has 3 nitrogen and oxygen atoms in total. The van der Waals surface area contributed by atoms with Gasteiger partial charge >= 0.3 is 6.09 Å². The van der Waals surface area contributed by atoms with Crippen molar-refractivity contribution < 1.29 is 9.90 Å². The summed E-state index contributed by atoms with van der Waals surface area (Å²) < 4.78 is 0. The molecular weight excluding hydrogens is 106 g/mol. The van der Waals surface area contributed by atoms with Crippen molar-refractivity contribution in [3.8, 4) is 0 Å². The topological polar surface area (TPSA) is 40.5 Å². The summed E-state index contributed by atoms with van der Waals surface area (Å²) in [5.41, 5.74) is 0. The fourth-order valence-electron chi connectivity index (χ4n) is 0.774. The van der Waals surface area contributed by atoms with Crippen molar-refractivity contribution in [1.29, 1.82) is 0 Å². The van der Waals surface area contributed by atoms with Gasteiger partial charge in [-0.2, -0.15) is 0 Å². The number of amides is 1. The average Bonchev–Trinajstić information content (AvgIpc) is 2.12. The smallest absolute Gasteiger partial charge is 0.407 e. The minimum atomic E-state index is -0.831. The van der Waals surface area contributed by atoms with Crippen LogP contribution < -0.4 is 0 Å². The van der Waals surface area contributed by atoms with E-state index in [4.69, 9.17) is 5.11 Å². The van der Waals surface area contributed by atoms with Crippen LogP contribution in [0.4, 0.5) is 4.79 Å². The minimum absolute atomic E-state index is 0.676. The van der Waals surface area contributed by atoms with Crippen molar-refractivity contribution in [3.63, 3.8) is 0 Å². The van der Waals surface area contributed by atoms with Gasteiger partial charge in [0.2, 0.25) is 0 Å². The molecule has 0 spiro atoms.